The molecule has 3 aromatic rings. The molecule has 21 heavy (non-hydrogen) atoms. The Morgan fingerprint density at radius 1 is 1.05 bits per heavy atom. The first-order valence-corrected chi connectivity index (χ1v) is 7.25. The van der Waals surface area contributed by atoms with Gasteiger partial charge in [-0.2, -0.15) is 5.26 Å². The van der Waals surface area contributed by atoms with Crippen molar-refractivity contribution in [2.24, 2.45) is 0 Å². The molecule has 2 nitrogen and oxygen atoms in total. The molecule has 0 atom stereocenters. The average molecular weight is 274 g/mol. The lowest BCUT2D eigenvalue weighted by Gasteiger charge is -2.06. The third-order valence-electron chi connectivity index (χ3n) is 3.90. The highest BCUT2D eigenvalue weighted by atomic mass is 14.7. The van der Waals surface area contributed by atoms with E-state index in [0.717, 1.165) is 17.3 Å². The van der Waals surface area contributed by atoms with Crippen molar-refractivity contribution in [3.63, 3.8) is 0 Å². The maximum absolute atomic E-state index is 9.10. The quantitative estimate of drug-likeness (QED) is 0.710. The summed E-state index contributed by atoms with van der Waals surface area (Å²) in [5.41, 5.74) is 8.02. The summed E-state index contributed by atoms with van der Waals surface area (Å²) < 4.78 is 0. The van der Waals surface area contributed by atoms with Crippen LogP contribution in [0.1, 0.15) is 29.2 Å². The van der Waals surface area contributed by atoms with Crippen LogP contribution in [0.3, 0.4) is 0 Å². The summed E-state index contributed by atoms with van der Waals surface area (Å²) in [6, 6.07) is 14.7. The molecule has 2 heteroatoms. The van der Waals surface area contributed by atoms with E-state index in [4.69, 9.17) is 5.26 Å². The van der Waals surface area contributed by atoms with Crippen molar-refractivity contribution in [3.8, 4) is 17.3 Å². The van der Waals surface area contributed by atoms with Gasteiger partial charge in [0.25, 0.3) is 0 Å². The number of nitrogens with zero attached hydrogens (tertiary/aromatic N) is 1. The fourth-order valence-electron chi connectivity index (χ4n) is 3.05. The Balaban J connectivity index is 2.30. The van der Waals surface area contributed by atoms with E-state index in [-0.39, 0.29) is 0 Å². The topological polar surface area (TPSA) is 39.6 Å². The van der Waals surface area contributed by atoms with Crippen molar-refractivity contribution in [2.45, 2.75) is 27.2 Å². The van der Waals surface area contributed by atoms with Gasteiger partial charge in [0, 0.05) is 16.6 Å². The Labute approximate surface area is 125 Å². The standard InChI is InChI=1S/C19H18N2/c1-4-16-17-10-14(11-20)5-6-18(17)21-19(16)15-8-12(2)7-13(3)9-15/h5-10,21H,4H2,1-3H3. The summed E-state index contributed by atoms with van der Waals surface area (Å²) in [5, 5.41) is 10.3. The summed E-state index contributed by atoms with van der Waals surface area (Å²) >= 11 is 0. The Bertz CT molecular complexity index is 843. The molecule has 0 radical (unpaired) electrons. The molecule has 0 aliphatic heterocycles. The first kappa shape index (κ1) is 13.5. The van der Waals surface area contributed by atoms with Gasteiger partial charge < -0.3 is 4.98 Å². The number of fused-ring (bicyclic) bond motifs is 1. The Morgan fingerprint density at radius 2 is 1.76 bits per heavy atom. The summed E-state index contributed by atoms with van der Waals surface area (Å²) in [7, 11) is 0. The number of hydrogen-bond acceptors (Lipinski definition) is 1. The van der Waals surface area contributed by atoms with Crippen LogP contribution in [0, 0.1) is 25.2 Å². The third kappa shape index (κ3) is 2.32. The van der Waals surface area contributed by atoms with Crippen LogP contribution in [0.2, 0.25) is 0 Å². The smallest absolute Gasteiger partial charge is 0.0991 e. The monoisotopic (exact) mass is 274 g/mol. The van der Waals surface area contributed by atoms with E-state index in [9.17, 15) is 0 Å². The normalized spacial score (nSPS) is 10.8. The Hall–Kier alpha value is -2.53. The number of benzene rings is 2. The number of aryl methyl sites for hydroxylation is 3. The van der Waals surface area contributed by atoms with Gasteiger partial charge in [-0.3, -0.25) is 0 Å². The van der Waals surface area contributed by atoms with Crippen LogP contribution in [0.5, 0.6) is 0 Å². The lowest BCUT2D eigenvalue weighted by Crippen LogP contribution is -1.87. The van der Waals surface area contributed by atoms with E-state index >= 15 is 0 Å². The van der Waals surface area contributed by atoms with Gasteiger partial charge in [-0.05, 0) is 61.7 Å². The van der Waals surface area contributed by atoms with Crippen molar-refractivity contribution in [1.82, 2.24) is 4.98 Å². The molecular weight excluding hydrogens is 256 g/mol. The van der Waals surface area contributed by atoms with Gasteiger partial charge in [0.2, 0.25) is 0 Å². The fourth-order valence-corrected chi connectivity index (χ4v) is 3.05. The first-order valence-electron chi connectivity index (χ1n) is 7.25. The minimum atomic E-state index is 0.711. The molecule has 0 aliphatic carbocycles. The fraction of sp³-hybridized carbons (Fsp3) is 0.211. The van der Waals surface area contributed by atoms with Crippen molar-refractivity contribution in [1.29, 1.82) is 5.26 Å². The van der Waals surface area contributed by atoms with Crippen LogP contribution in [-0.2, 0) is 6.42 Å². The third-order valence-corrected chi connectivity index (χ3v) is 3.90. The number of aromatic amines is 1. The molecule has 3 rings (SSSR count). The number of H-pyrrole nitrogens is 1. The second-order valence-electron chi connectivity index (χ2n) is 5.58. The lowest BCUT2D eigenvalue weighted by molar-refractivity contribution is 1.16. The molecule has 0 aliphatic rings. The average Bonchev–Trinajstić information content (AvgIpc) is 2.83. The highest BCUT2D eigenvalue weighted by molar-refractivity contribution is 5.91. The molecule has 0 bridgehead atoms. The van der Waals surface area contributed by atoms with Gasteiger partial charge in [-0.25, -0.2) is 0 Å². The van der Waals surface area contributed by atoms with E-state index in [1.54, 1.807) is 0 Å². The molecule has 0 saturated carbocycles. The number of nitrogens with one attached hydrogen (secondary N) is 1. The zero-order valence-electron chi connectivity index (χ0n) is 12.6. The minimum Gasteiger partial charge on any atom is -0.354 e. The van der Waals surface area contributed by atoms with Gasteiger partial charge in [-0.1, -0.05) is 24.1 Å². The van der Waals surface area contributed by atoms with Crippen LogP contribution in [0.15, 0.2) is 36.4 Å². The van der Waals surface area contributed by atoms with Gasteiger partial charge in [0.05, 0.1) is 11.6 Å². The summed E-state index contributed by atoms with van der Waals surface area (Å²) in [6.07, 6.45) is 0.942. The SMILES string of the molecule is CCc1c(-c2cc(C)cc(C)c2)[nH]c2ccc(C#N)cc12. The largest absolute Gasteiger partial charge is 0.354 e. The van der Waals surface area contributed by atoms with E-state index in [0.29, 0.717) is 5.56 Å². The highest BCUT2D eigenvalue weighted by Crippen LogP contribution is 2.32. The number of nitriles is 1. The molecule has 0 amide bonds. The molecule has 1 N–H and O–H groups in total. The van der Waals surface area contributed by atoms with E-state index in [1.165, 1.54) is 27.9 Å². The van der Waals surface area contributed by atoms with Crippen LogP contribution in [0.4, 0.5) is 0 Å². The van der Waals surface area contributed by atoms with Crippen LogP contribution in [0.25, 0.3) is 22.2 Å². The van der Waals surface area contributed by atoms with Crippen molar-refractivity contribution in [2.75, 3.05) is 0 Å². The molecule has 0 saturated heterocycles. The highest BCUT2D eigenvalue weighted by Gasteiger charge is 2.12. The van der Waals surface area contributed by atoms with Gasteiger partial charge >= 0.3 is 0 Å². The van der Waals surface area contributed by atoms with Crippen LogP contribution < -0.4 is 0 Å². The first-order chi connectivity index (χ1) is 10.1. The number of aromatic nitrogens is 1. The van der Waals surface area contributed by atoms with E-state index < -0.39 is 0 Å². The maximum Gasteiger partial charge on any atom is 0.0991 e. The van der Waals surface area contributed by atoms with Gasteiger partial charge in [0.1, 0.15) is 0 Å². The summed E-state index contributed by atoms with van der Waals surface area (Å²) in [4.78, 5) is 3.53. The molecule has 104 valence electrons. The predicted molar refractivity (Wildman–Crippen MR) is 87.3 cm³/mol. The predicted octanol–water partition coefficient (Wildman–Crippen LogP) is 4.89. The van der Waals surface area contributed by atoms with Crippen molar-refractivity contribution in [3.05, 3.63) is 58.7 Å². The van der Waals surface area contributed by atoms with E-state index in [1.807, 2.05) is 18.2 Å². The molecular formula is C19H18N2. The lowest BCUT2D eigenvalue weighted by atomic mass is 9.99. The second-order valence-corrected chi connectivity index (χ2v) is 5.58. The van der Waals surface area contributed by atoms with Crippen molar-refractivity contribution >= 4 is 10.9 Å². The molecule has 0 fully saturated rings. The minimum absolute atomic E-state index is 0.711. The molecule has 0 spiro atoms. The van der Waals surface area contributed by atoms with Crippen LogP contribution >= 0.6 is 0 Å². The molecule has 2 aromatic carbocycles. The van der Waals surface area contributed by atoms with Crippen molar-refractivity contribution < 1.29 is 0 Å². The zero-order chi connectivity index (χ0) is 15.0. The zero-order valence-corrected chi connectivity index (χ0v) is 12.6. The Morgan fingerprint density at radius 3 is 2.38 bits per heavy atom. The van der Waals surface area contributed by atoms with E-state index in [2.05, 4.69) is 50.0 Å². The summed E-state index contributed by atoms with van der Waals surface area (Å²) in [5.74, 6) is 0. The Kier molecular flexibility index (Phi) is 3.27. The summed E-state index contributed by atoms with van der Waals surface area (Å²) in [6.45, 7) is 6.41. The number of hydrogen-bond donors (Lipinski definition) is 1. The molecule has 0 unspecified atom stereocenters. The molecule has 1 heterocycles. The van der Waals surface area contributed by atoms with Gasteiger partial charge in [-0.15, -0.1) is 0 Å². The van der Waals surface area contributed by atoms with Gasteiger partial charge in [0.15, 0.2) is 0 Å². The molecule has 1 aromatic heterocycles. The number of rotatable bonds is 2. The second kappa shape index (κ2) is 5.10. The maximum atomic E-state index is 9.10. The van der Waals surface area contributed by atoms with Crippen LogP contribution in [-0.4, -0.2) is 4.98 Å².